The Balaban J connectivity index is 1.80. The molecule has 2 aliphatic heterocycles. The van der Waals surface area contributed by atoms with Crippen molar-refractivity contribution in [3.05, 3.63) is 48.1 Å². The van der Waals surface area contributed by atoms with Crippen molar-refractivity contribution in [2.24, 2.45) is 0 Å². The first-order valence-electron chi connectivity index (χ1n) is 8.80. The zero-order valence-electron chi connectivity index (χ0n) is 13.8. The molecule has 2 bridgehead atoms. The van der Waals surface area contributed by atoms with Crippen LogP contribution in [-0.2, 0) is 11.8 Å². The number of aromatic hydroxyl groups is 1. The molecule has 0 amide bonds. The predicted molar refractivity (Wildman–Crippen MR) is 91.4 cm³/mol. The first-order valence-corrected chi connectivity index (χ1v) is 8.80. The van der Waals surface area contributed by atoms with E-state index in [2.05, 4.69) is 18.1 Å². The number of phenols is 1. The molecule has 2 N–H and O–H groups in total. The van der Waals surface area contributed by atoms with Crippen molar-refractivity contribution in [1.82, 2.24) is 4.90 Å². The lowest BCUT2D eigenvalue weighted by Crippen LogP contribution is -2.75. The van der Waals surface area contributed by atoms with E-state index in [-0.39, 0.29) is 17.9 Å². The summed E-state index contributed by atoms with van der Waals surface area (Å²) in [5.74, 6) is 0.759. The molecule has 4 heteroatoms. The van der Waals surface area contributed by atoms with Gasteiger partial charge in [-0.25, -0.2) is 0 Å². The van der Waals surface area contributed by atoms with Gasteiger partial charge in [-0.1, -0.05) is 18.7 Å². The number of piperidine rings is 1. The fraction of sp³-hybridized carbons (Fsp3) is 0.500. The molecule has 2 heterocycles. The van der Waals surface area contributed by atoms with Crippen LogP contribution < -0.4 is 4.74 Å². The minimum Gasteiger partial charge on any atom is -0.504 e. The molecule has 4 atom stereocenters. The summed E-state index contributed by atoms with van der Waals surface area (Å²) in [5.41, 5.74) is 1.98. The number of nitrogens with zero attached hydrogens (tertiary/aromatic N) is 1. The molecule has 4 aliphatic rings. The summed E-state index contributed by atoms with van der Waals surface area (Å²) in [6.45, 7) is 9.81. The van der Waals surface area contributed by atoms with Crippen LogP contribution in [0, 0.1) is 0 Å². The molecule has 24 heavy (non-hydrogen) atoms. The third-order valence-corrected chi connectivity index (χ3v) is 6.89. The Morgan fingerprint density at radius 2 is 2.21 bits per heavy atom. The number of hydrogen-bond donors (Lipinski definition) is 2. The second-order valence-corrected chi connectivity index (χ2v) is 7.75. The molecule has 2 fully saturated rings. The maximum Gasteiger partial charge on any atom is 0.166 e. The quantitative estimate of drug-likeness (QED) is 0.819. The van der Waals surface area contributed by atoms with Gasteiger partial charge in [-0.15, -0.1) is 6.58 Å². The highest BCUT2D eigenvalue weighted by Gasteiger charge is 2.71. The van der Waals surface area contributed by atoms with Crippen molar-refractivity contribution in [1.29, 1.82) is 0 Å². The van der Waals surface area contributed by atoms with E-state index in [0.717, 1.165) is 43.5 Å². The van der Waals surface area contributed by atoms with Gasteiger partial charge in [0.2, 0.25) is 0 Å². The second-order valence-electron chi connectivity index (χ2n) is 7.75. The van der Waals surface area contributed by atoms with E-state index in [0.29, 0.717) is 12.2 Å². The van der Waals surface area contributed by atoms with E-state index in [1.54, 1.807) is 6.07 Å². The molecule has 1 saturated carbocycles. The van der Waals surface area contributed by atoms with Gasteiger partial charge in [0.1, 0.15) is 6.10 Å². The largest absolute Gasteiger partial charge is 0.504 e. The maximum absolute atomic E-state index is 11.9. The van der Waals surface area contributed by atoms with Crippen molar-refractivity contribution in [3.63, 3.8) is 0 Å². The van der Waals surface area contributed by atoms with Crippen LogP contribution in [0.25, 0.3) is 0 Å². The monoisotopic (exact) mass is 325 g/mol. The van der Waals surface area contributed by atoms with Crippen LogP contribution in [-0.4, -0.2) is 45.9 Å². The number of ether oxygens (including phenoxy) is 1. The number of likely N-dealkylation sites (tertiary alicyclic amines) is 1. The SMILES string of the molecule is C=CCN1CC[C@]23c4c5ccc(O)c4O[C@H]2C(=C)CC[C@@]3(O)[C@H]1C5. The summed E-state index contributed by atoms with van der Waals surface area (Å²) in [4.78, 5) is 2.36. The first kappa shape index (κ1) is 14.6. The van der Waals surface area contributed by atoms with Gasteiger partial charge in [-0.2, -0.15) is 0 Å². The fourth-order valence-corrected chi connectivity index (χ4v) is 5.93. The van der Waals surface area contributed by atoms with Crippen LogP contribution in [0.5, 0.6) is 11.5 Å². The van der Waals surface area contributed by atoms with Crippen LogP contribution in [0.2, 0.25) is 0 Å². The highest BCUT2D eigenvalue weighted by Crippen LogP contribution is 2.66. The summed E-state index contributed by atoms with van der Waals surface area (Å²) < 4.78 is 6.23. The zero-order valence-corrected chi connectivity index (χ0v) is 13.8. The normalized spacial score (nSPS) is 39.3. The number of phenolic OH excluding ortho intramolecular Hbond substituents is 1. The Labute approximate surface area is 142 Å². The zero-order chi connectivity index (χ0) is 16.7. The van der Waals surface area contributed by atoms with Crippen molar-refractivity contribution < 1.29 is 14.9 Å². The highest BCUT2D eigenvalue weighted by atomic mass is 16.5. The van der Waals surface area contributed by atoms with Gasteiger partial charge in [0.25, 0.3) is 0 Å². The Morgan fingerprint density at radius 1 is 1.38 bits per heavy atom. The van der Waals surface area contributed by atoms with Crippen molar-refractivity contribution in [2.45, 2.75) is 48.8 Å². The molecule has 2 aliphatic carbocycles. The van der Waals surface area contributed by atoms with E-state index in [9.17, 15) is 10.2 Å². The topological polar surface area (TPSA) is 52.9 Å². The van der Waals surface area contributed by atoms with E-state index in [1.807, 2.05) is 12.1 Å². The summed E-state index contributed by atoms with van der Waals surface area (Å²) in [6.07, 6.45) is 4.78. The third kappa shape index (κ3) is 1.39. The molecule has 126 valence electrons. The molecule has 4 nitrogen and oxygen atoms in total. The molecule has 1 aromatic carbocycles. The lowest BCUT2D eigenvalue weighted by Gasteiger charge is -2.63. The van der Waals surface area contributed by atoms with Gasteiger partial charge >= 0.3 is 0 Å². The molecule has 0 aromatic heterocycles. The average molecular weight is 325 g/mol. The molecule has 0 radical (unpaired) electrons. The van der Waals surface area contributed by atoms with Gasteiger partial charge < -0.3 is 14.9 Å². The van der Waals surface area contributed by atoms with Gasteiger partial charge in [0.05, 0.1) is 11.0 Å². The molecular weight excluding hydrogens is 302 g/mol. The van der Waals surface area contributed by atoms with Crippen molar-refractivity contribution in [3.8, 4) is 11.5 Å². The third-order valence-electron chi connectivity index (χ3n) is 6.89. The standard InChI is InChI=1S/C20H23NO3/c1-3-9-21-10-8-19-16-13-4-5-14(22)17(16)24-18(19)12(2)6-7-20(19,23)15(21)11-13/h3-5,15,18,22-23H,1-2,6-11H2/t15-,18+,19+,20-/m1/s1. The Kier molecular flexibility index (Phi) is 2.69. The first-order chi connectivity index (χ1) is 11.5. The fourth-order valence-electron chi connectivity index (χ4n) is 5.93. The van der Waals surface area contributed by atoms with Crippen LogP contribution >= 0.6 is 0 Å². The van der Waals surface area contributed by atoms with E-state index in [1.165, 1.54) is 5.56 Å². The summed E-state index contributed by atoms with van der Waals surface area (Å²) in [5, 5.41) is 22.3. The van der Waals surface area contributed by atoms with Gasteiger partial charge in [0, 0.05) is 24.7 Å². The maximum atomic E-state index is 11.9. The minimum absolute atomic E-state index is 0.0615. The van der Waals surface area contributed by atoms with Crippen LogP contribution in [0.15, 0.2) is 36.9 Å². The molecule has 1 saturated heterocycles. The summed E-state index contributed by atoms with van der Waals surface area (Å²) in [6, 6.07) is 3.79. The van der Waals surface area contributed by atoms with E-state index in [4.69, 9.17) is 4.74 Å². The molecule has 5 rings (SSSR count). The van der Waals surface area contributed by atoms with Crippen LogP contribution in [0.4, 0.5) is 0 Å². The number of hydrogen-bond acceptors (Lipinski definition) is 4. The van der Waals surface area contributed by atoms with Crippen LogP contribution in [0.3, 0.4) is 0 Å². The number of benzene rings is 1. The molecule has 1 spiro atoms. The molecular formula is C20H23NO3. The smallest absolute Gasteiger partial charge is 0.166 e. The average Bonchev–Trinajstić information content (AvgIpc) is 2.91. The Bertz CT molecular complexity index is 772. The Hall–Kier alpha value is -1.78. The minimum atomic E-state index is -0.841. The van der Waals surface area contributed by atoms with Gasteiger partial charge in [0.15, 0.2) is 11.5 Å². The lowest BCUT2D eigenvalue weighted by atomic mass is 9.48. The number of aliphatic hydroxyl groups is 1. The van der Waals surface area contributed by atoms with Crippen molar-refractivity contribution >= 4 is 0 Å². The second kappa shape index (κ2) is 4.44. The summed E-state index contributed by atoms with van der Waals surface area (Å²) >= 11 is 0. The van der Waals surface area contributed by atoms with E-state index < -0.39 is 11.0 Å². The lowest BCUT2D eigenvalue weighted by molar-refractivity contribution is -0.171. The van der Waals surface area contributed by atoms with Crippen LogP contribution in [0.1, 0.15) is 30.4 Å². The molecule has 1 aromatic rings. The molecule has 0 unspecified atom stereocenters. The van der Waals surface area contributed by atoms with Gasteiger partial charge in [-0.05, 0) is 42.9 Å². The number of rotatable bonds is 2. The highest BCUT2D eigenvalue weighted by molar-refractivity contribution is 5.63. The summed E-state index contributed by atoms with van der Waals surface area (Å²) in [7, 11) is 0. The predicted octanol–water partition coefficient (Wildman–Crippen LogP) is 2.29. The Morgan fingerprint density at radius 3 is 3.00 bits per heavy atom. The van der Waals surface area contributed by atoms with E-state index >= 15 is 0 Å². The van der Waals surface area contributed by atoms with Gasteiger partial charge in [-0.3, -0.25) is 4.90 Å². The van der Waals surface area contributed by atoms with Crippen molar-refractivity contribution in [2.75, 3.05) is 13.1 Å².